The van der Waals surface area contributed by atoms with E-state index in [9.17, 15) is 17.8 Å². The van der Waals surface area contributed by atoms with Crippen molar-refractivity contribution in [1.82, 2.24) is 5.32 Å². The van der Waals surface area contributed by atoms with Crippen molar-refractivity contribution in [2.24, 2.45) is 0 Å². The molecule has 1 saturated heterocycles. The molecule has 1 aliphatic heterocycles. The smallest absolute Gasteiger partial charge is 0.321 e. The van der Waals surface area contributed by atoms with Gasteiger partial charge in [-0.15, -0.1) is 0 Å². The van der Waals surface area contributed by atoms with E-state index in [1.54, 1.807) is 30.3 Å². The fraction of sp³-hybridized carbons (Fsp3) is 0.133. The van der Waals surface area contributed by atoms with E-state index < -0.39 is 10.1 Å². The summed E-state index contributed by atoms with van der Waals surface area (Å²) in [4.78, 5) is 13.1. The van der Waals surface area contributed by atoms with E-state index in [0.29, 0.717) is 30.0 Å². The van der Waals surface area contributed by atoms with Gasteiger partial charge in [-0.3, -0.25) is 9.45 Å². The SMILES string of the molecule is Nc1cccc(-c2cc(N3CCNC3=O)ccc2S(=O)(=O)O)c1. The minimum absolute atomic E-state index is 0.230. The monoisotopic (exact) mass is 333 g/mol. The molecule has 1 fully saturated rings. The highest BCUT2D eigenvalue weighted by atomic mass is 32.2. The van der Waals surface area contributed by atoms with Crippen molar-refractivity contribution in [3.8, 4) is 11.1 Å². The predicted octanol–water partition coefficient (Wildman–Crippen LogP) is 1.71. The normalized spacial score (nSPS) is 14.8. The lowest BCUT2D eigenvalue weighted by molar-refractivity contribution is 0.252. The van der Waals surface area contributed by atoms with E-state index in [1.165, 1.54) is 17.0 Å². The largest absolute Gasteiger partial charge is 0.399 e. The fourth-order valence-corrected chi connectivity index (χ4v) is 3.26. The van der Waals surface area contributed by atoms with Gasteiger partial charge in [-0.2, -0.15) is 8.42 Å². The van der Waals surface area contributed by atoms with Crippen LogP contribution >= 0.6 is 0 Å². The molecule has 7 nitrogen and oxygen atoms in total. The molecule has 2 aromatic carbocycles. The molecule has 4 N–H and O–H groups in total. The van der Waals surface area contributed by atoms with Crippen LogP contribution in [-0.4, -0.2) is 32.1 Å². The van der Waals surface area contributed by atoms with Crippen LogP contribution in [0.4, 0.5) is 16.2 Å². The summed E-state index contributed by atoms with van der Waals surface area (Å²) in [5.74, 6) is 0. The van der Waals surface area contributed by atoms with Crippen LogP contribution in [0.1, 0.15) is 0 Å². The number of amides is 2. The lowest BCUT2D eigenvalue weighted by Gasteiger charge is -2.17. The molecule has 0 radical (unpaired) electrons. The van der Waals surface area contributed by atoms with E-state index in [-0.39, 0.29) is 16.5 Å². The highest BCUT2D eigenvalue weighted by Gasteiger charge is 2.24. The van der Waals surface area contributed by atoms with E-state index in [2.05, 4.69) is 5.32 Å². The highest BCUT2D eigenvalue weighted by molar-refractivity contribution is 7.86. The van der Waals surface area contributed by atoms with Crippen LogP contribution in [0.2, 0.25) is 0 Å². The highest BCUT2D eigenvalue weighted by Crippen LogP contribution is 2.32. The first-order valence-corrected chi connectivity index (χ1v) is 8.33. The second kappa shape index (κ2) is 5.56. The van der Waals surface area contributed by atoms with Crippen molar-refractivity contribution in [1.29, 1.82) is 0 Å². The maximum atomic E-state index is 11.8. The van der Waals surface area contributed by atoms with Gasteiger partial charge in [0.25, 0.3) is 10.1 Å². The maximum Gasteiger partial charge on any atom is 0.321 e. The summed E-state index contributed by atoms with van der Waals surface area (Å²) >= 11 is 0. The van der Waals surface area contributed by atoms with Crippen molar-refractivity contribution < 1.29 is 17.8 Å². The summed E-state index contributed by atoms with van der Waals surface area (Å²) in [7, 11) is -4.41. The Bertz CT molecular complexity index is 880. The summed E-state index contributed by atoms with van der Waals surface area (Å²) in [6, 6.07) is 10.7. The molecule has 120 valence electrons. The van der Waals surface area contributed by atoms with E-state index in [4.69, 9.17) is 5.73 Å². The van der Waals surface area contributed by atoms with Gasteiger partial charge in [-0.05, 0) is 35.9 Å². The molecule has 0 spiro atoms. The molecule has 0 aromatic heterocycles. The van der Waals surface area contributed by atoms with Gasteiger partial charge in [0.05, 0.1) is 0 Å². The first kappa shape index (κ1) is 15.3. The van der Waals surface area contributed by atoms with Gasteiger partial charge in [0, 0.05) is 30.0 Å². The Morgan fingerprint density at radius 1 is 1.17 bits per heavy atom. The summed E-state index contributed by atoms with van der Waals surface area (Å²) in [5.41, 5.74) is 7.59. The van der Waals surface area contributed by atoms with Crippen LogP contribution in [0.5, 0.6) is 0 Å². The maximum absolute atomic E-state index is 11.8. The Morgan fingerprint density at radius 3 is 2.57 bits per heavy atom. The minimum atomic E-state index is -4.41. The molecule has 1 heterocycles. The molecule has 0 saturated carbocycles. The standard InChI is InChI=1S/C15H15N3O4S/c16-11-3-1-2-10(8-11)13-9-12(18-7-6-17-15(18)19)4-5-14(13)23(20,21)22/h1-5,8-9H,6-7,16H2,(H,17,19)(H,20,21,22). The molecule has 2 amide bonds. The third-order valence-electron chi connectivity index (χ3n) is 3.61. The third kappa shape index (κ3) is 2.99. The molecule has 23 heavy (non-hydrogen) atoms. The number of nitrogen functional groups attached to an aromatic ring is 1. The van der Waals surface area contributed by atoms with Crippen LogP contribution in [0.15, 0.2) is 47.4 Å². The van der Waals surface area contributed by atoms with Gasteiger partial charge in [0.1, 0.15) is 4.90 Å². The predicted molar refractivity (Wildman–Crippen MR) is 86.8 cm³/mol. The number of benzene rings is 2. The molecule has 1 aliphatic rings. The average molecular weight is 333 g/mol. The third-order valence-corrected chi connectivity index (χ3v) is 4.52. The number of anilines is 2. The van der Waals surface area contributed by atoms with Crippen LogP contribution < -0.4 is 16.0 Å². The quantitative estimate of drug-likeness (QED) is 0.584. The van der Waals surface area contributed by atoms with Gasteiger partial charge in [0.15, 0.2) is 0 Å². The van der Waals surface area contributed by atoms with Crippen molar-refractivity contribution >= 4 is 27.5 Å². The Kier molecular flexibility index (Phi) is 3.70. The zero-order valence-electron chi connectivity index (χ0n) is 12.1. The van der Waals surface area contributed by atoms with Crippen molar-refractivity contribution in [2.45, 2.75) is 4.90 Å². The Morgan fingerprint density at radius 2 is 1.96 bits per heavy atom. The Balaban J connectivity index is 2.19. The van der Waals surface area contributed by atoms with Gasteiger partial charge in [-0.25, -0.2) is 4.79 Å². The van der Waals surface area contributed by atoms with Crippen LogP contribution in [0.3, 0.4) is 0 Å². The number of nitrogens with one attached hydrogen (secondary N) is 1. The van der Waals surface area contributed by atoms with Crippen molar-refractivity contribution in [3.63, 3.8) is 0 Å². The number of carbonyl (C=O) groups excluding carboxylic acids is 1. The van der Waals surface area contributed by atoms with Crippen molar-refractivity contribution in [3.05, 3.63) is 42.5 Å². The Hall–Kier alpha value is -2.58. The van der Waals surface area contributed by atoms with Crippen LogP contribution in [0.25, 0.3) is 11.1 Å². The summed E-state index contributed by atoms with van der Waals surface area (Å²) in [6.07, 6.45) is 0. The lowest BCUT2D eigenvalue weighted by atomic mass is 10.0. The first-order chi connectivity index (χ1) is 10.9. The average Bonchev–Trinajstić information content (AvgIpc) is 2.92. The van der Waals surface area contributed by atoms with E-state index in [0.717, 1.165) is 0 Å². The molecule has 0 atom stereocenters. The number of rotatable bonds is 3. The van der Waals surface area contributed by atoms with Gasteiger partial charge in [-0.1, -0.05) is 12.1 Å². The second-order valence-electron chi connectivity index (χ2n) is 5.16. The second-order valence-corrected chi connectivity index (χ2v) is 6.55. The molecule has 3 rings (SSSR count). The summed E-state index contributed by atoms with van der Waals surface area (Å²) in [5, 5.41) is 2.68. The molecular formula is C15H15N3O4S. The van der Waals surface area contributed by atoms with Crippen LogP contribution in [-0.2, 0) is 10.1 Å². The summed E-state index contributed by atoms with van der Waals surface area (Å²) in [6.45, 7) is 1.01. The number of nitrogens with zero attached hydrogens (tertiary/aromatic N) is 1. The molecular weight excluding hydrogens is 318 g/mol. The zero-order chi connectivity index (χ0) is 16.6. The first-order valence-electron chi connectivity index (χ1n) is 6.89. The van der Waals surface area contributed by atoms with Crippen LogP contribution in [0, 0.1) is 0 Å². The fourth-order valence-electron chi connectivity index (χ4n) is 2.56. The molecule has 2 aromatic rings. The minimum Gasteiger partial charge on any atom is -0.399 e. The number of hydrogen-bond donors (Lipinski definition) is 3. The molecule has 0 unspecified atom stereocenters. The Labute approximate surface area is 133 Å². The number of hydrogen-bond acceptors (Lipinski definition) is 4. The van der Waals surface area contributed by atoms with Gasteiger partial charge in [0.2, 0.25) is 0 Å². The summed E-state index contributed by atoms with van der Waals surface area (Å²) < 4.78 is 32.7. The van der Waals surface area contributed by atoms with E-state index in [1.807, 2.05) is 0 Å². The number of carbonyl (C=O) groups is 1. The molecule has 0 aliphatic carbocycles. The zero-order valence-corrected chi connectivity index (χ0v) is 12.9. The van der Waals surface area contributed by atoms with Gasteiger partial charge < -0.3 is 11.1 Å². The topological polar surface area (TPSA) is 113 Å². The molecule has 0 bridgehead atoms. The molecule has 8 heteroatoms. The number of nitrogens with two attached hydrogens (primary N) is 1. The van der Waals surface area contributed by atoms with E-state index >= 15 is 0 Å². The van der Waals surface area contributed by atoms with Gasteiger partial charge >= 0.3 is 6.03 Å². The van der Waals surface area contributed by atoms with Crippen molar-refractivity contribution in [2.75, 3.05) is 23.7 Å². The number of urea groups is 1. The lowest BCUT2D eigenvalue weighted by Crippen LogP contribution is -2.27.